The number of benzene rings is 1. The molecule has 66 valence electrons. The van der Waals surface area contributed by atoms with Gasteiger partial charge in [0.15, 0.2) is 0 Å². The van der Waals surface area contributed by atoms with Gasteiger partial charge in [0.25, 0.3) is 0 Å². The minimum Gasteiger partial charge on any atom is -0.377 e. The zero-order chi connectivity index (χ0) is 9.30. The fraction of sp³-hybridized carbons (Fsp3) is 0.333. The Balaban J connectivity index is 3.33. The second-order valence-electron chi connectivity index (χ2n) is 2.92. The van der Waals surface area contributed by atoms with Gasteiger partial charge in [-0.2, -0.15) is 0 Å². The number of nitrogens with zero attached hydrogens (tertiary/aromatic N) is 1. The molecule has 1 nitrogen and oxygen atoms in total. The van der Waals surface area contributed by atoms with Gasteiger partial charge >= 0.3 is 0 Å². The van der Waals surface area contributed by atoms with Crippen LogP contribution in [0.1, 0.15) is 5.56 Å². The normalized spacial score (nSPS) is 10.1. The van der Waals surface area contributed by atoms with Crippen LogP contribution in [0.25, 0.3) is 0 Å². The van der Waals surface area contributed by atoms with E-state index in [2.05, 4.69) is 49.7 Å². The van der Waals surface area contributed by atoms with E-state index in [0.29, 0.717) is 0 Å². The summed E-state index contributed by atoms with van der Waals surface area (Å²) in [6, 6.07) is 4.15. The lowest BCUT2D eigenvalue weighted by molar-refractivity contribution is 1.10. The van der Waals surface area contributed by atoms with E-state index in [-0.39, 0.29) is 0 Å². The van der Waals surface area contributed by atoms with Crippen LogP contribution in [0.3, 0.4) is 0 Å². The summed E-state index contributed by atoms with van der Waals surface area (Å²) in [5.74, 6) is 0. The van der Waals surface area contributed by atoms with Crippen molar-refractivity contribution in [3.63, 3.8) is 0 Å². The SMILES string of the molecule is Cc1ccc(Br)c(Br)c1N(C)C. The lowest BCUT2D eigenvalue weighted by Crippen LogP contribution is -2.11. The standard InChI is InChI=1S/C9H11Br2N/c1-6-4-5-7(10)8(11)9(6)12(2)3/h4-5H,1-3H3. The highest BCUT2D eigenvalue weighted by Crippen LogP contribution is 2.34. The van der Waals surface area contributed by atoms with Gasteiger partial charge in [-0.05, 0) is 50.4 Å². The third-order valence-corrected chi connectivity index (χ3v) is 3.71. The van der Waals surface area contributed by atoms with Crippen LogP contribution in [0.15, 0.2) is 21.1 Å². The monoisotopic (exact) mass is 291 g/mol. The van der Waals surface area contributed by atoms with Gasteiger partial charge in [0.05, 0.1) is 10.2 Å². The molecule has 0 N–H and O–H groups in total. The van der Waals surface area contributed by atoms with E-state index in [1.165, 1.54) is 11.3 Å². The van der Waals surface area contributed by atoms with Crippen molar-refractivity contribution >= 4 is 37.5 Å². The lowest BCUT2D eigenvalue weighted by Gasteiger charge is -2.18. The quantitative estimate of drug-likeness (QED) is 0.765. The molecule has 0 heterocycles. The Bertz CT molecular complexity index is 295. The molecule has 0 bridgehead atoms. The molecule has 1 aromatic rings. The number of rotatable bonds is 1. The molecule has 0 aromatic heterocycles. The van der Waals surface area contributed by atoms with Crippen LogP contribution in [0.4, 0.5) is 5.69 Å². The smallest absolute Gasteiger partial charge is 0.0553 e. The molecule has 12 heavy (non-hydrogen) atoms. The Morgan fingerprint density at radius 2 is 1.75 bits per heavy atom. The van der Waals surface area contributed by atoms with Crippen molar-refractivity contribution in [3.05, 3.63) is 26.6 Å². The van der Waals surface area contributed by atoms with Crippen LogP contribution < -0.4 is 4.90 Å². The lowest BCUT2D eigenvalue weighted by atomic mass is 10.2. The van der Waals surface area contributed by atoms with E-state index in [0.717, 1.165) is 8.95 Å². The minimum absolute atomic E-state index is 1.09. The first kappa shape index (κ1) is 10.1. The molecule has 0 atom stereocenters. The Hall–Kier alpha value is -0.0200. The Morgan fingerprint density at radius 3 is 2.17 bits per heavy atom. The molecule has 0 aliphatic heterocycles. The molecule has 0 amide bonds. The number of aryl methyl sites for hydroxylation is 1. The molecule has 0 aliphatic rings. The van der Waals surface area contributed by atoms with Crippen LogP contribution >= 0.6 is 31.9 Å². The predicted molar refractivity (Wildman–Crippen MR) is 60.9 cm³/mol. The second-order valence-corrected chi connectivity index (χ2v) is 4.57. The van der Waals surface area contributed by atoms with Crippen molar-refractivity contribution in [1.82, 2.24) is 0 Å². The van der Waals surface area contributed by atoms with E-state index >= 15 is 0 Å². The summed E-state index contributed by atoms with van der Waals surface area (Å²) < 4.78 is 2.21. The van der Waals surface area contributed by atoms with Crippen molar-refractivity contribution in [2.24, 2.45) is 0 Å². The molecule has 0 saturated carbocycles. The maximum absolute atomic E-state index is 3.54. The Kier molecular flexibility index (Phi) is 3.18. The molecule has 1 rings (SSSR count). The zero-order valence-corrected chi connectivity index (χ0v) is 10.5. The highest BCUT2D eigenvalue weighted by Gasteiger charge is 2.08. The van der Waals surface area contributed by atoms with Crippen LogP contribution in [0.5, 0.6) is 0 Å². The Labute approximate surface area is 90.0 Å². The highest BCUT2D eigenvalue weighted by atomic mass is 79.9. The number of anilines is 1. The van der Waals surface area contributed by atoms with Crippen molar-refractivity contribution in [2.45, 2.75) is 6.92 Å². The first-order valence-corrected chi connectivity index (χ1v) is 5.24. The van der Waals surface area contributed by atoms with Gasteiger partial charge in [0, 0.05) is 18.6 Å². The highest BCUT2D eigenvalue weighted by molar-refractivity contribution is 9.13. The minimum atomic E-state index is 1.09. The third kappa shape index (κ3) is 1.83. The van der Waals surface area contributed by atoms with Gasteiger partial charge < -0.3 is 4.90 Å². The van der Waals surface area contributed by atoms with Crippen LogP contribution in [-0.2, 0) is 0 Å². The summed E-state index contributed by atoms with van der Waals surface area (Å²) in [6.07, 6.45) is 0. The van der Waals surface area contributed by atoms with E-state index in [1.807, 2.05) is 20.2 Å². The largest absolute Gasteiger partial charge is 0.377 e. The van der Waals surface area contributed by atoms with Crippen LogP contribution in [-0.4, -0.2) is 14.1 Å². The zero-order valence-electron chi connectivity index (χ0n) is 7.36. The van der Waals surface area contributed by atoms with Crippen molar-refractivity contribution in [3.8, 4) is 0 Å². The van der Waals surface area contributed by atoms with Crippen molar-refractivity contribution in [2.75, 3.05) is 19.0 Å². The molecule has 1 aromatic carbocycles. The molecule has 0 aliphatic carbocycles. The average Bonchev–Trinajstić information content (AvgIpc) is 1.97. The fourth-order valence-electron chi connectivity index (χ4n) is 1.19. The maximum Gasteiger partial charge on any atom is 0.0553 e. The molecule has 0 spiro atoms. The summed E-state index contributed by atoms with van der Waals surface area (Å²) in [6.45, 7) is 2.10. The average molecular weight is 293 g/mol. The summed E-state index contributed by atoms with van der Waals surface area (Å²) in [4.78, 5) is 2.10. The van der Waals surface area contributed by atoms with Gasteiger partial charge in [-0.3, -0.25) is 0 Å². The van der Waals surface area contributed by atoms with Gasteiger partial charge in [0.1, 0.15) is 0 Å². The van der Waals surface area contributed by atoms with E-state index in [9.17, 15) is 0 Å². The third-order valence-electron chi connectivity index (χ3n) is 1.72. The van der Waals surface area contributed by atoms with Crippen molar-refractivity contribution < 1.29 is 0 Å². The molecule has 0 saturated heterocycles. The second kappa shape index (κ2) is 3.79. The summed E-state index contributed by atoms with van der Waals surface area (Å²) in [5.41, 5.74) is 2.50. The number of halogens is 2. The number of hydrogen-bond donors (Lipinski definition) is 0. The molecular weight excluding hydrogens is 282 g/mol. The number of hydrogen-bond acceptors (Lipinski definition) is 1. The van der Waals surface area contributed by atoms with E-state index in [1.54, 1.807) is 0 Å². The van der Waals surface area contributed by atoms with Gasteiger partial charge in [0.2, 0.25) is 0 Å². The molecule has 3 heteroatoms. The molecule has 0 radical (unpaired) electrons. The fourth-order valence-corrected chi connectivity index (χ4v) is 2.30. The summed E-state index contributed by atoms with van der Waals surface area (Å²) in [7, 11) is 4.08. The first-order chi connectivity index (χ1) is 5.54. The maximum atomic E-state index is 3.54. The first-order valence-electron chi connectivity index (χ1n) is 3.66. The topological polar surface area (TPSA) is 3.24 Å². The van der Waals surface area contributed by atoms with Gasteiger partial charge in [-0.15, -0.1) is 0 Å². The van der Waals surface area contributed by atoms with E-state index < -0.39 is 0 Å². The molecule has 0 fully saturated rings. The van der Waals surface area contributed by atoms with Crippen LogP contribution in [0, 0.1) is 6.92 Å². The Morgan fingerprint density at radius 1 is 1.17 bits per heavy atom. The molecule has 0 unspecified atom stereocenters. The summed E-state index contributed by atoms with van der Waals surface area (Å²) >= 11 is 7.02. The van der Waals surface area contributed by atoms with E-state index in [4.69, 9.17) is 0 Å². The predicted octanol–water partition coefficient (Wildman–Crippen LogP) is 3.59. The van der Waals surface area contributed by atoms with Crippen LogP contribution in [0.2, 0.25) is 0 Å². The molecular formula is C9H11Br2N. The van der Waals surface area contributed by atoms with Crippen molar-refractivity contribution in [1.29, 1.82) is 0 Å². The van der Waals surface area contributed by atoms with Gasteiger partial charge in [-0.25, -0.2) is 0 Å². The summed E-state index contributed by atoms with van der Waals surface area (Å²) in [5, 5.41) is 0. The van der Waals surface area contributed by atoms with Gasteiger partial charge in [-0.1, -0.05) is 6.07 Å².